The van der Waals surface area contributed by atoms with Crippen molar-refractivity contribution in [3.8, 4) is 0 Å². The van der Waals surface area contributed by atoms with E-state index in [1.165, 1.54) is 109 Å². The molecule has 0 heterocycles. The number of unbranched alkanes of at least 4 members (excludes halogenated alkanes) is 17. The molecule has 0 fully saturated rings. The molecule has 0 bridgehead atoms. The molecule has 0 N–H and O–H groups in total. The zero-order valence-corrected chi connectivity index (χ0v) is 27.3. The molecule has 0 aromatic heterocycles. The van der Waals surface area contributed by atoms with Crippen LogP contribution in [0.3, 0.4) is 0 Å². The first-order valence-electron chi connectivity index (χ1n) is 16.8. The van der Waals surface area contributed by atoms with Gasteiger partial charge in [-0.3, -0.25) is 4.99 Å². The summed E-state index contributed by atoms with van der Waals surface area (Å²) in [5.41, 5.74) is 4.13. The van der Waals surface area contributed by atoms with Gasteiger partial charge in [0.2, 0.25) is 0 Å². The molecule has 0 amide bonds. The summed E-state index contributed by atoms with van der Waals surface area (Å²) in [4.78, 5) is 10.2. The predicted molar refractivity (Wildman–Crippen MR) is 180 cm³/mol. The number of nitrogens with zero attached hydrogens (tertiary/aromatic N) is 2. The maximum Gasteiger partial charge on any atom is 0.0848 e. The Morgan fingerprint density at radius 1 is 0.512 bits per heavy atom. The zero-order chi connectivity index (χ0) is 28.4. The summed E-state index contributed by atoms with van der Waals surface area (Å²) in [5, 5.41) is 0. The van der Waals surface area contributed by atoms with Gasteiger partial charge in [-0.25, -0.2) is 4.99 Å². The molecule has 0 aliphatic carbocycles. The molecule has 0 atom stereocenters. The van der Waals surface area contributed by atoms with Gasteiger partial charge in [0.15, 0.2) is 0 Å². The Bertz CT molecular complexity index is 933. The number of aliphatic imine (C=N–C) groups is 2. The van der Waals surface area contributed by atoms with Gasteiger partial charge in [0, 0.05) is 16.5 Å². The summed E-state index contributed by atoms with van der Waals surface area (Å²) in [6, 6.07) is 20.7. The molecule has 2 aromatic rings. The molecule has 0 aliphatic heterocycles. The van der Waals surface area contributed by atoms with Crippen LogP contribution in [-0.2, 0) is 16.5 Å². The molecule has 2 nitrogen and oxygen atoms in total. The normalized spacial score (nSPS) is 12.1. The largest absolute Gasteiger partial charge is 0.251 e. The van der Waals surface area contributed by atoms with Crippen molar-refractivity contribution in [2.75, 3.05) is 0 Å². The molecule has 0 aliphatic rings. The molecule has 2 aromatic carbocycles. The van der Waals surface area contributed by atoms with Crippen molar-refractivity contribution in [3.05, 3.63) is 72.8 Å². The fourth-order valence-electron chi connectivity index (χ4n) is 5.11. The number of hydrogen-bond acceptors (Lipinski definition) is 2. The summed E-state index contributed by atoms with van der Waals surface area (Å²) < 4.78 is 0. The van der Waals surface area contributed by atoms with E-state index in [0.717, 1.165) is 42.1 Å². The predicted octanol–water partition coefficient (Wildman–Crippen LogP) is 12.9. The van der Waals surface area contributed by atoms with Gasteiger partial charge in [0.05, 0.1) is 22.8 Å². The van der Waals surface area contributed by atoms with Gasteiger partial charge < -0.3 is 0 Å². The Balaban J connectivity index is 0.00000840. The van der Waals surface area contributed by atoms with E-state index in [1.54, 1.807) is 0 Å². The van der Waals surface area contributed by atoms with Crippen molar-refractivity contribution in [2.45, 2.75) is 142 Å². The van der Waals surface area contributed by atoms with Gasteiger partial charge in [-0.15, -0.1) is 0 Å². The van der Waals surface area contributed by atoms with E-state index in [2.05, 4.69) is 86.7 Å². The third kappa shape index (κ3) is 19.7. The second kappa shape index (κ2) is 26.9. The van der Waals surface area contributed by atoms with Crippen LogP contribution in [-0.4, -0.2) is 11.4 Å². The second-order valence-electron chi connectivity index (χ2n) is 11.3. The smallest absolute Gasteiger partial charge is 0.0848 e. The van der Waals surface area contributed by atoms with E-state index in [4.69, 9.17) is 9.98 Å². The molecular weight excluding hydrogens is 543 g/mol. The third-order valence-corrected chi connectivity index (χ3v) is 7.59. The van der Waals surface area contributed by atoms with E-state index < -0.39 is 0 Å². The van der Waals surface area contributed by atoms with Crippen molar-refractivity contribution in [1.29, 1.82) is 0 Å². The number of allylic oxidation sites excluding steroid dienone is 2. The Hall–Kier alpha value is -1.99. The van der Waals surface area contributed by atoms with Crippen LogP contribution in [0.5, 0.6) is 0 Å². The fraction of sp³-hybridized carbons (Fsp3) is 0.579. The Morgan fingerprint density at radius 2 is 0.927 bits per heavy atom. The average molecular weight is 602 g/mol. The van der Waals surface area contributed by atoms with Crippen molar-refractivity contribution in [2.24, 2.45) is 9.98 Å². The van der Waals surface area contributed by atoms with Crippen molar-refractivity contribution in [3.63, 3.8) is 0 Å². The van der Waals surface area contributed by atoms with Gasteiger partial charge in [0.25, 0.3) is 0 Å². The standard InChI is InChI=1S/C38H58N2.Ni/c1-3-5-7-9-11-12-13-14-15-16-17-18-20-28-34-38(40-36-31-25-22-26-32-36)37(33-27-19-10-8-6-4-2)39-35-29-23-21-24-30-35;/h21-26,28-32,34H,3-20,27,33H2,1-2H3;/b34-28+,39-37?,40-38?;. The Morgan fingerprint density at radius 3 is 1.41 bits per heavy atom. The van der Waals surface area contributed by atoms with E-state index in [0.29, 0.717) is 0 Å². The molecule has 0 spiro atoms. The van der Waals surface area contributed by atoms with Gasteiger partial charge >= 0.3 is 0 Å². The van der Waals surface area contributed by atoms with Crippen molar-refractivity contribution >= 4 is 22.8 Å². The van der Waals surface area contributed by atoms with E-state index in [1.807, 2.05) is 0 Å². The van der Waals surface area contributed by atoms with Crippen LogP contribution >= 0.6 is 0 Å². The SMILES string of the molecule is CCCCCCCCCCCCCC/C=C/C(=Nc1ccccc1)C(CCCCCCCC)=Nc1ccccc1.[Ni]. The fourth-order valence-corrected chi connectivity index (χ4v) is 5.11. The zero-order valence-electron chi connectivity index (χ0n) is 26.3. The molecule has 0 unspecified atom stereocenters. The summed E-state index contributed by atoms with van der Waals surface area (Å²) in [7, 11) is 0. The molecule has 3 heteroatoms. The first-order valence-corrected chi connectivity index (χ1v) is 16.8. The molecule has 0 saturated carbocycles. The van der Waals surface area contributed by atoms with Crippen molar-refractivity contribution in [1.82, 2.24) is 0 Å². The number of rotatable bonds is 24. The molecule has 41 heavy (non-hydrogen) atoms. The van der Waals surface area contributed by atoms with Crippen LogP contribution in [0.15, 0.2) is 82.8 Å². The van der Waals surface area contributed by atoms with Crippen molar-refractivity contribution < 1.29 is 16.5 Å². The maximum absolute atomic E-state index is 5.11. The second-order valence-corrected chi connectivity index (χ2v) is 11.3. The van der Waals surface area contributed by atoms with Gasteiger partial charge in [0.1, 0.15) is 0 Å². The molecule has 2 rings (SSSR count). The minimum atomic E-state index is 0. The van der Waals surface area contributed by atoms with Crippen LogP contribution in [0.2, 0.25) is 0 Å². The van der Waals surface area contributed by atoms with Gasteiger partial charge in [-0.1, -0.05) is 159 Å². The summed E-state index contributed by atoms with van der Waals surface area (Å²) in [6.07, 6.45) is 31.0. The summed E-state index contributed by atoms with van der Waals surface area (Å²) in [6.45, 7) is 4.57. The molecule has 0 saturated heterocycles. The number of benzene rings is 2. The first-order chi connectivity index (χ1) is 19.8. The van der Waals surface area contributed by atoms with Crippen LogP contribution in [0.1, 0.15) is 142 Å². The van der Waals surface area contributed by atoms with E-state index >= 15 is 0 Å². The topological polar surface area (TPSA) is 24.7 Å². The Kier molecular flexibility index (Phi) is 24.3. The van der Waals surface area contributed by atoms with Crippen LogP contribution in [0, 0.1) is 0 Å². The third-order valence-electron chi connectivity index (χ3n) is 7.59. The minimum absolute atomic E-state index is 0. The van der Waals surface area contributed by atoms with Crippen LogP contribution in [0.4, 0.5) is 11.4 Å². The van der Waals surface area contributed by atoms with Crippen LogP contribution < -0.4 is 0 Å². The minimum Gasteiger partial charge on any atom is -0.251 e. The van der Waals surface area contributed by atoms with E-state index in [9.17, 15) is 0 Å². The molecular formula is C38H58N2Ni. The number of hydrogen-bond donors (Lipinski definition) is 0. The number of para-hydroxylation sites is 2. The molecule has 230 valence electrons. The van der Waals surface area contributed by atoms with Gasteiger partial charge in [-0.05, 0) is 56.0 Å². The summed E-state index contributed by atoms with van der Waals surface area (Å²) >= 11 is 0. The monoisotopic (exact) mass is 600 g/mol. The Labute approximate surface area is 263 Å². The molecule has 0 radical (unpaired) electrons. The van der Waals surface area contributed by atoms with Gasteiger partial charge in [-0.2, -0.15) is 0 Å². The van der Waals surface area contributed by atoms with E-state index in [-0.39, 0.29) is 16.5 Å². The average Bonchev–Trinajstić information content (AvgIpc) is 2.99. The summed E-state index contributed by atoms with van der Waals surface area (Å²) in [5.74, 6) is 0. The maximum atomic E-state index is 5.11. The van der Waals surface area contributed by atoms with Crippen LogP contribution in [0.25, 0.3) is 0 Å². The first kappa shape index (κ1) is 37.0. The quantitative estimate of drug-likeness (QED) is 0.0650.